The molecule has 0 saturated carbocycles. The molecule has 0 amide bonds. The summed E-state index contributed by atoms with van der Waals surface area (Å²) in [6.07, 6.45) is 9.61. The van der Waals surface area contributed by atoms with E-state index in [1.54, 1.807) is 0 Å². The maximum atomic E-state index is 3.66. The third-order valence-electron chi connectivity index (χ3n) is 8.34. The molecule has 34 heavy (non-hydrogen) atoms. The first kappa shape index (κ1) is 21.8. The van der Waals surface area contributed by atoms with Gasteiger partial charge in [0.1, 0.15) is 0 Å². The quantitative estimate of drug-likeness (QED) is 0.395. The Morgan fingerprint density at radius 1 is 0.735 bits per heavy atom. The zero-order valence-electron chi connectivity index (χ0n) is 20.8. The predicted octanol–water partition coefficient (Wildman–Crippen LogP) is 6.02. The third-order valence-corrected chi connectivity index (χ3v) is 8.34. The Morgan fingerprint density at radius 3 is 2.00 bits per heavy atom. The normalized spacial score (nSPS) is 19.4. The summed E-state index contributed by atoms with van der Waals surface area (Å²) in [6, 6.07) is 13.6. The molecule has 2 aromatic carbocycles. The summed E-state index contributed by atoms with van der Waals surface area (Å²) in [4.78, 5) is 8.43. The Bertz CT molecular complexity index is 1300. The number of hydrogen-bond acceptors (Lipinski definition) is 3. The number of fused-ring (bicyclic) bond motifs is 2. The van der Waals surface area contributed by atoms with Crippen molar-refractivity contribution in [2.24, 2.45) is 7.05 Å². The maximum absolute atomic E-state index is 3.66. The second-order valence-corrected chi connectivity index (χ2v) is 10.7. The summed E-state index contributed by atoms with van der Waals surface area (Å²) in [6.45, 7) is 4.78. The van der Waals surface area contributed by atoms with E-state index in [-0.39, 0.29) is 0 Å². The monoisotopic (exact) mass is 455 g/mol. The van der Waals surface area contributed by atoms with E-state index >= 15 is 0 Å². The van der Waals surface area contributed by atoms with Crippen molar-refractivity contribution in [2.75, 3.05) is 45.6 Å². The number of aromatic amines is 1. The number of H-pyrrole nitrogens is 1. The molecule has 2 aromatic heterocycles. The highest BCUT2D eigenvalue weighted by Crippen LogP contribution is 2.36. The van der Waals surface area contributed by atoms with Gasteiger partial charge in [-0.2, -0.15) is 0 Å². The largest absolute Gasteiger partial charge is 0.361 e. The highest BCUT2D eigenvalue weighted by molar-refractivity contribution is 5.90. The first-order valence-corrected chi connectivity index (χ1v) is 12.9. The van der Waals surface area contributed by atoms with Gasteiger partial charge in [-0.15, -0.1) is 0 Å². The summed E-state index contributed by atoms with van der Waals surface area (Å²) < 4.78 is 2.30. The number of hydrogen-bond donors (Lipinski definition) is 2. The molecule has 2 aliphatic heterocycles. The van der Waals surface area contributed by atoms with Crippen LogP contribution in [0.15, 0.2) is 48.8 Å². The lowest BCUT2D eigenvalue weighted by atomic mass is 9.89. The van der Waals surface area contributed by atoms with Gasteiger partial charge in [-0.3, -0.25) is 0 Å². The molecule has 0 atom stereocenters. The van der Waals surface area contributed by atoms with E-state index in [0.717, 1.165) is 11.4 Å². The summed E-state index contributed by atoms with van der Waals surface area (Å²) in [5.41, 5.74) is 7.82. The van der Waals surface area contributed by atoms with Crippen LogP contribution in [0.3, 0.4) is 0 Å². The van der Waals surface area contributed by atoms with E-state index in [9.17, 15) is 0 Å². The fraction of sp³-hybridized carbons (Fsp3) is 0.448. The molecule has 0 bridgehead atoms. The standard InChI is InChI=1S/C29H37N5/c1-32-12-8-20(9-13-32)26-18-30-28-16-22(4-6-24(26)28)31-23-5-7-25-27(19-34(3)29(25)17-23)21-10-14-33(2)15-11-21/h4-7,16-21,30-31H,8-15H2,1-3H3. The zero-order chi connectivity index (χ0) is 23.2. The Morgan fingerprint density at radius 2 is 1.32 bits per heavy atom. The minimum absolute atomic E-state index is 0.669. The second-order valence-electron chi connectivity index (χ2n) is 10.7. The lowest BCUT2D eigenvalue weighted by Gasteiger charge is -2.28. The van der Waals surface area contributed by atoms with Gasteiger partial charge < -0.3 is 24.7 Å². The van der Waals surface area contributed by atoms with Crippen molar-refractivity contribution < 1.29 is 0 Å². The number of aryl methyl sites for hydroxylation is 1. The minimum atomic E-state index is 0.669. The van der Waals surface area contributed by atoms with Gasteiger partial charge in [0.25, 0.3) is 0 Å². The van der Waals surface area contributed by atoms with Gasteiger partial charge in [0.2, 0.25) is 0 Å². The molecule has 2 fully saturated rings. The molecule has 0 aliphatic carbocycles. The number of likely N-dealkylation sites (tertiary alicyclic amines) is 2. The fourth-order valence-corrected chi connectivity index (χ4v) is 6.19. The van der Waals surface area contributed by atoms with Crippen LogP contribution in [0.1, 0.15) is 48.6 Å². The Balaban J connectivity index is 1.23. The number of nitrogens with zero attached hydrogens (tertiary/aromatic N) is 3. The summed E-state index contributed by atoms with van der Waals surface area (Å²) in [5, 5.41) is 6.44. The average molecular weight is 456 g/mol. The van der Waals surface area contributed by atoms with Gasteiger partial charge in [0.05, 0.1) is 5.52 Å². The molecule has 2 aliphatic rings. The van der Waals surface area contributed by atoms with Crippen LogP contribution >= 0.6 is 0 Å². The van der Waals surface area contributed by atoms with Crippen LogP contribution in [0.5, 0.6) is 0 Å². The Hall–Kier alpha value is -2.76. The molecule has 0 radical (unpaired) electrons. The van der Waals surface area contributed by atoms with E-state index in [1.807, 2.05) is 0 Å². The molecule has 5 nitrogen and oxygen atoms in total. The minimum Gasteiger partial charge on any atom is -0.361 e. The number of rotatable bonds is 4. The topological polar surface area (TPSA) is 39.2 Å². The first-order valence-electron chi connectivity index (χ1n) is 12.9. The lowest BCUT2D eigenvalue weighted by Crippen LogP contribution is -2.29. The van der Waals surface area contributed by atoms with Crippen molar-refractivity contribution in [2.45, 2.75) is 37.5 Å². The summed E-state index contributed by atoms with van der Waals surface area (Å²) in [7, 11) is 6.64. The zero-order valence-corrected chi connectivity index (χ0v) is 20.8. The Labute approximate surface area is 202 Å². The number of benzene rings is 2. The SMILES string of the molecule is CN1CCC(c2c[nH]c3cc(Nc4ccc5c(C6CCN(C)CC6)cn(C)c5c4)ccc23)CC1. The van der Waals surface area contributed by atoms with Gasteiger partial charge in [-0.25, -0.2) is 0 Å². The Kier molecular flexibility index (Phi) is 5.62. The van der Waals surface area contributed by atoms with Gasteiger partial charge in [-0.05, 0) is 113 Å². The molecule has 178 valence electrons. The molecule has 2 N–H and O–H groups in total. The van der Waals surface area contributed by atoms with Crippen LogP contribution in [-0.2, 0) is 7.05 Å². The molecule has 4 heterocycles. The number of anilines is 2. The van der Waals surface area contributed by atoms with Crippen LogP contribution in [-0.4, -0.2) is 59.6 Å². The molecular weight excluding hydrogens is 418 g/mol. The van der Waals surface area contributed by atoms with E-state index in [0.29, 0.717) is 11.8 Å². The summed E-state index contributed by atoms with van der Waals surface area (Å²) in [5.74, 6) is 1.34. The van der Waals surface area contributed by atoms with Gasteiger partial charge >= 0.3 is 0 Å². The van der Waals surface area contributed by atoms with E-state index in [4.69, 9.17) is 0 Å². The summed E-state index contributed by atoms with van der Waals surface area (Å²) >= 11 is 0. The molecule has 5 heteroatoms. The fourth-order valence-electron chi connectivity index (χ4n) is 6.19. The van der Waals surface area contributed by atoms with Crippen LogP contribution in [0.2, 0.25) is 0 Å². The maximum Gasteiger partial charge on any atom is 0.0501 e. The average Bonchev–Trinajstić information content (AvgIpc) is 3.41. The van der Waals surface area contributed by atoms with Crippen molar-refractivity contribution in [3.63, 3.8) is 0 Å². The van der Waals surface area contributed by atoms with E-state index in [1.165, 1.54) is 84.8 Å². The first-order chi connectivity index (χ1) is 16.5. The van der Waals surface area contributed by atoms with Gasteiger partial charge in [0, 0.05) is 47.1 Å². The molecule has 4 aromatic rings. The van der Waals surface area contributed by atoms with Gasteiger partial charge in [-0.1, -0.05) is 12.1 Å². The van der Waals surface area contributed by atoms with Crippen molar-refractivity contribution in [3.05, 3.63) is 59.9 Å². The van der Waals surface area contributed by atoms with E-state index < -0.39 is 0 Å². The number of aromatic nitrogens is 2. The van der Waals surface area contributed by atoms with Crippen LogP contribution in [0.25, 0.3) is 21.8 Å². The highest BCUT2D eigenvalue weighted by atomic mass is 15.1. The van der Waals surface area contributed by atoms with E-state index in [2.05, 4.69) is 94.6 Å². The van der Waals surface area contributed by atoms with Crippen LogP contribution < -0.4 is 5.32 Å². The molecule has 0 spiro atoms. The number of piperidine rings is 2. The van der Waals surface area contributed by atoms with Crippen molar-refractivity contribution in [1.29, 1.82) is 0 Å². The van der Waals surface area contributed by atoms with Crippen molar-refractivity contribution in [1.82, 2.24) is 19.4 Å². The van der Waals surface area contributed by atoms with Crippen molar-refractivity contribution in [3.8, 4) is 0 Å². The van der Waals surface area contributed by atoms with Crippen LogP contribution in [0.4, 0.5) is 11.4 Å². The molecule has 6 rings (SSSR count). The third kappa shape index (κ3) is 4.01. The predicted molar refractivity (Wildman–Crippen MR) is 143 cm³/mol. The number of nitrogens with one attached hydrogen (secondary N) is 2. The van der Waals surface area contributed by atoms with Crippen LogP contribution in [0, 0.1) is 0 Å². The second kappa shape index (κ2) is 8.79. The molecule has 0 unspecified atom stereocenters. The molecule has 2 saturated heterocycles. The smallest absolute Gasteiger partial charge is 0.0501 e. The highest BCUT2D eigenvalue weighted by Gasteiger charge is 2.23. The molecular formula is C29H37N5. The van der Waals surface area contributed by atoms with Crippen molar-refractivity contribution >= 4 is 33.2 Å². The van der Waals surface area contributed by atoms with Gasteiger partial charge in [0.15, 0.2) is 0 Å². The lowest BCUT2D eigenvalue weighted by molar-refractivity contribution is 0.256.